The number of halogens is 5. The van der Waals surface area contributed by atoms with Gasteiger partial charge in [0.1, 0.15) is 11.6 Å². The van der Waals surface area contributed by atoms with Crippen molar-refractivity contribution in [3.8, 4) is 11.1 Å². The van der Waals surface area contributed by atoms with Gasteiger partial charge in [-0.15, -0.1) is 0 Å². The van der Waals surface area contributed by atoms with Crippen molar-refractivity contribution in [1.29, 1.82) is 0 Å². The average Bonchev–Trinajstić information content (AvgIpc) is 2.53. The number of aryl methyl sites for hydroxylation is 1. The molecule has 0 saturated carbocycles. The maximum Gasteiger partial charge on any atom is 0.267 e. The smallest absolute Gasteiger partial charge is 0.206 e. The van der Waals surface area contributed by atoms with Gasteiger partial charge in [-0.1, -0.05) is 44.0 Å². The molecule has 2 rings (SSSR count). The minimum atomic E-state index is -3.02. The van der Waals surface area contributed by atoms with Gasteiger partial charge in [-0.2, -0.15) is 0 Å². The normalized spacial score (nSPS) is 11.3. The molecule has 124 valence electrons. The second-order valence-corrected chi connectivity index (χ2v) is 6.20. The van der Waals surface area contributed by atoms with Crippen LogP contribution in [0.1, 0.15) is 43.7 Å². The largest absolute Gasteiger partial charge is 0.267 e. The lowest BCUT2D eigenvalue weighted by atomic mass is 9.97. The Bertz CT molecular complexity index is 666. The number of rotatable bonds is 6. The van der Waals surface area contributed by atoms with E-state index in [1.807, 2.05) is 12.1 Å². The van der Waals surface area contributed by atoms with Crippen molar-refractivity contribution in [1.82, 2.24) is 0 Å². The molecule has 0 saturated heterocycles. The predicted octanol–water partition coefficient (Wildman–Crippen LogP) is 7.06. The Hall–Kier alpha value is -1.36. The van der Waals surface area contributed by atoms with E-state index in [9.17, 15) is 17.6 Å². The molecule has 0 heterocycles. The van der Waals surface area contributed by atoms with E-state index < -0.39 is 28.1 Å². The SMILES string of the molecule is CCCCCc1ccc(-c2cc(F)c(Br)c(F)c2C(F)F)cc1. The molecular weight excluding hydrogens is 372 g/mol. The van der Waals surface area contributed by atoms with Crippen LogP contribution in [0.15, 0.2) is 34.8 Å². The van der Waals surface area contributed by atoms with Crippen LogP contribution in [0.5, 0.6) is 0 Å². The summed E-state index contributed by atoms with van der Waals surface area (Å²) in [7, 11) is 0. The second-order valence-electron chi connectivity index (χ2n) is 5.40. The average molecular weight is 389 g/mol. The van der Waals surface area contributed by atoms with Gasteiger partial charge < -0.3 is 0 Å². The highest BCUT2D eigenvalue weighted by atomic mass is 79.9. The number of benzene rings is 2. The van der Waals surface area contributed by atoms with E-state index in [0.29, 0.717) is 5.56 Å². The molecule has 23 heavy (non-hydrogen) atoms. The standard InChI is InChI=1S/C18H17BrF4/c1-2-3-4-5-11-6-8-12(9-7-11)13-10-14(20)16(19)17(21)15(13)18(22)23/h6-10,18H,2-5H2,1H3. The van der Waals surface area contributed by atoms with Crippen molar-refractivity contribution in [2.45, 2.75) is 39.0 Å². The summed E-state index contributed by atoms with van der Waals surface area (Å²) in [6, 6.07) is 7.85. The Morgan fingerprint density at radius 2 is 1.70 bits per heavy atom. The number of alkyl halides is 2. The highest BCUT2D eigenvalue weighted by Crippen LogP contribution is 2.37. The first-order valence-corrected chi connectivity index (χ1v) is 8.29. The van der Waals surface area contributed by atoms with Crippen LogP contribution in [-0.2, 0) is 6.42 Å². The van der Waals surface area contributed by atoms with Crippen LogP contribution in [0.2, 0.25) is 0 Å². The van der Waals surface area contributed by atoms with E-state index in [1.165, 1.54) is 0 Å². The first kappa shape index (κ1) is 18.0. The number of unbranched alkanes of at least 4 members (excludes halogenated alkanes) is 2. The Kier molecular flexibility index (Phi) is 6.22. The molecule has 0 aliphatic carbocycles. The molecule has 0 amide bonds. The summed E-state index contributed by atoms with van der Waals surface area (Å²) in [6.07, 6.45) is 1.18. The van der Waals surface area contributed by atoms with Crippen LogP contribution in [0.25, 0.3) is 11.1 Å². The molecule has 0 radical (unpaired) electrons. The monoisotopic (exact) mass is 388 g/mol. The van der Waals surface area contributed by atoms with Crippen molar-refractivity contribution in [3.63, 3.8) is 0 Å². The molecule has 2 aromatic rings. The minimum Gasteiger partial charge on any atom is -0.206 e. The van der Waals surface area contributed by atoms with Crippen molar-refractivity contribution in [3.05, 3.63) is 57.6 Å². The zero-order valence-electron chi connectivity index (χ0n) is 12.7. The molecule has 2 aromatic carbocycles. The molecule has 0 spiro atoms. The molecule has 0 aliphatic heterocycles. The molecule has 0 bridgehead atoms. The quantitative estimate of drug-likeness (QED) is 0.282. The molecule has 0 atom stereocenters. The fraction of sp³-hybridized carbons (Fsp3) is 0.333. The third kappa shape index (κ3) is 4.14. The molecule has 0 unspecified atom stereocenters. The second kappa shape index (κ2) is 7.95. The highest BCUT2D eigenvalue weighted by Gasteiger charge is 2.24. The summed E-state index contributed by atoms with van der Waals surface area (Å²) >= 11 is 2.67. The summed E-state index contributed by atoms with van der Waals surface area (Å²) < 4.78 is 53.5. The van der Waals surface area contributed by atoms with Crippen molar-refractivity contribution < 1.29 is 17.6 Å². The van der Waals surface area contributed by atoms with Gasteiger partial charge >= 0.3 is 0 Å². The molecule has 0 nitrogen and oxygen atoms in total. The van der Waals surface area contributed by atoms with Gasteiger partial charge in [-0.25, -0.2) is 17.6 Å². The van der Waals surface area contributed by atoms with E-state index in [1.54, 1.807) is 12.1 Å². The van der Waals surface area contributed by atoms with Crippen LogP contribution in [0.4, 0.5) is 17.6 Å². The van der Waals surface area contributed by atoms with E-state index in [0.717, 1.165) is 37.3 Å². The van der Waals surface area contributed by atoms with Gasteiger partial charge in [-0.3, -0.25) is 0 Å². The Morgan fingerprint density at radius 3 is 2.26 bits per heavy atom. The third-order valence-corrected chi connectivity index (χ3v) is 4.48. The number of hydrogen-bond acceptors (Lipinski definition) is 0. The van der Waals surface area contributed by atoms with Crippen LogP contribution in [0, 0.1) is 11.6 Å². The first-order valence-electron chi connectivity index (χ1n) is 7.50. The van der Waals surface area contributed by atoms with E-state index in [2.05, 4.69) is 22.9 Å². The first-order chi connectivity index (χ1) is 11.0. The van der Waals surface area contributed by atoms with Crippen LogP contribution >= 0.6 is 15.9 Å². The van der Waals surface area contributed by atoms with Crippen LogP contribution in [-0.4, -0.2) is 0 Å². The minimum absolute atomic E-state index is 0.113. The maximum absolute atomic E-state index is 14.0. The third-order valence-electron chi connectivity index (χ3n) is 3.75. The summed E-state index contributed by atoms with van der Waals surface area (Å²) in [5.41, 5.74) is 0.569. The highest BCUT2D eigenvalue weighted by molar-refractivity contribution is 9.10. The molecule has 0 aromatic heterocycles. The van der Waals surface area contributed by atoms with Gasteiger partial charge in [0.2, 0.25) is 0 Å². The Balaban J connectivity index is 2.38. The van der Waals surface area contributed by atoms with Crippen LogP contribution < -0.4 is 0 Å². The van der Waals surface area contributed by atoms with Crippen molar-refractivity contribution in [2.75, 3.05) is 0 Å². The number of hydrogen-bond donors (Lipinski definition) is 0. The van der Waals surface area contributed by atoms with E-state index in [4.69, 9.17) is 0 Å². The predicted molar refractivity (Wildman–Crippen MR) is 87.7 cm³/mol. The molecular formula is C18H17BrF4. The summed E-state index contributed by atoms with van der Waals surface area (Å²) in [6.45, 7) is 2.12. The zero-order chi connectivity index (χ0) is 17.0. The molecule has 0 aliphatic rings. The summed E-state index contributed by atoms with van der Waals surface area (Å²) in [5.74, 6) is -2.14. The fourth-order valence-electron chi connectivity index (χ4n) is 2.49. The lowest BCUT2D eigenvalue weighted by molar-refractivity contribution is 0.146. The van der Waals surface area contributed by atoms with Crippen LogP contribution in [0.3, 0.4) is 0 Å². The Labute approximate surface area is 141 Å². The summed E-state index contributed by atoms with van der Waals surface area (Å²) in [4.78, 5) is 0. The lowest BCUT2D eigenvalue weighted by Gasteiger charge is -2.13. The fourth-order valence-corrected chi connectivity index (χ4v) is 2.82. The molecule has 5 heteroatoms. The van der Waals surface area contributed by atoms with Crippen molar-refractivity contribution >= 4 is 15.9 Å². The molecule has 0 fully saturated rings. The van der Waals surface area contributed by atoms with Gasteiger partial charge in [0.05, 0.1) is 10.0 Å². The maximum atomic E-state index is 14.0. The van der Waals surface area contributed by atoms with Gasteiger partial charge in [0.25, 0.3) is 6.43 Å². The van der Waals surface area contributed by atoms with Gasteiger partial charge in [0, 0.05) is 0 Å². The zero-order valence-corrected chi connectivity index (χ0v) is 14.3. The summed E-state index contributed by atoms with van der Waals surface area (Å²) in [5, 5.41) is 0. The topological polar surface area (TPSA) is 0 Å². The lowest BCUT2D eigenvalue weighted by Crippen LogP contribution is -1.99. The Morgan fingerprint density at radius 1 is 1.04 bits per heavy atom. The van der Waals surface area contributed by atoms with Gasteiger partial charge in [0.15, 0.2) is 0 Å². The van der Waals surface area contributed by atoms with Crippen molar-refractivity contribution in [2.24, 2.45) is 0 Å². The van der Waals surface area contributed by atoms with Gasteiger partial charge in [-0.05, 0) is 51.5 Å². The molecule has 0 N–H and O–H groups in total. The van der Waals surface area contributed by atoms with E-state index in [-0.39, 0.29) is 5.56 Å². The van der Waals surface area contributed by atoms with E-state index >= 15 is 0 Å².